The average molecular weight is 365 g/mol. The maximum Gasteiger partial charge on any atom is 0.261 e. The molecule has 4 aromatic rings. The third-order valence-electron chi connectivity index (χ3n) is 4.18. The van der Waals surface area contributed by atoms with E-state index >= 15 is 0 Å². The van der Waals surface area contributed by atoms with Crippen LogP contribution < -0.4 is 10.7 Å². The second-order valence-electron chi connectivity index (χ2n) is 5.87. The van der Waals surface area contributed by atoms with Crippen LogP contribution in [0.5, 0.6) is 0 Å². The van der Waals surface area contributed by atoms with E-state index in [1.165, 1.54) is 0 Å². The van der Waals surface area contributed by atoms with Crippen molar-refractivity contribution in [1.29, 1.82) is 0 Å². The van der Waals surface area contributed by atoms with Crippen molar-refractivity contribution in [2.24, 2.45) is 0 Å². The van der Waals surface area contributed by atoms with Gasteiger partial charge in [-0.15, -0.1) is 0 Å². The Morgan fingerprint density at radius 3 is 2.88 bits per heavy atom. The molecule has 1 N–H and O–H groups in total. The quantitative estimate of drug-likeness (QED) is 0.603. The average Bonchev–Trinajstić information content (AvgIpc) is 3.11. The highest BCUT2D eigenvalue weighted by Crippen LogP contribution is 2.21. The Balaban J connectivity index is 1.82. The Bertz CT molecular complexity index is 1210. The van der Waals surface area contributed by atoms with Crippen LogP contribution in [0, 0.1) is 6.92 Å². The number of hydrogen-bond acceptors (Lipinski definition) is 6. The molecule has 0 unspecified atom stereocenters. The van der Waals surface area contributed by atoms with Crippen molar-refractivity contribution in [2.75, 3.05) is 5.32 Å². The van der Waals surface area contributed by atoms with Gasteiger partial charge in [0.25, 0.3) is 5.91 Å². The van der Waals surface area contributed by atoms with Gasteiger partial charge in [0, 0.05) is 18.4 Å². The molecule has 0 aliphatic carbocycles. The van der Waals surface area contributed by atoms with Gasteiger partial charge in [0.2, 0.25) is 5.43 Å². The van der Waals surface area contributed by atoms with E-state index < -0.39 is 5.91 Å². The zero-order valence-corrected chi connectivity index (χ0v) is 15.0. The lowest BCUT2D eigenvalue weighted by molar-refractivity contribution is 0.102. The van der Waals surface area contributed by atoms with Gasteiger partial charge in [0.1, 0.15) is 22.2 Å². The van der Waals surface area contributed by atoms with Crippen molar-refractivity contribution in [2.45, 2.75) is 20.4 Å². The van der Waals surface area contributed by atoms with Gasteiger partial charge in [-0.3, -0.25) is 9.59 Å². The highest BCUT2D eigenvalue weighted by molar-refractivity contribution is 7.00. The number of aromatic nitrogens is 4. The fraction of sp³-hybridized carbons (Fsp3) is 0.167. The summed E-state index contributed by atoms with van der Waals surface area (Å²) in [7, 11) is 0. The second-order valence-corrected chi connectivity index (χ2v) is 6.40. The van der Waals surface area contributed by atoms with E-state index in [0.29, 0.717) is 34.3 Å². The number of benzene rings is 1. The molecule has 1 aromatic carbocycles. The Morgan fingerprint density at radius 1 is 1.23 bits per heavy atom. The van der Waals surface area contributed by atoms with Crippen LogP contribution in [0.4, 0.5) is 5.69 Å². The number of anilines is 1. The van der Waals surface area contributed by atoms with Crippen molar-refractivity contribution < 1.29 is 4.79 Å². The Labute approximate surface area is 152 Å². The summed E-state index contributed by atoms with van der Waals surface area (Å²) < 4.78 is 10.2. The van der Waals surface area contributed by atoms with Crippen LogP contribution in [0.25, 0.3) is 22.1 Å². The van der Waals surface area contributed by atoms with E-state index in [1.807, 2.05) is 24.5 Å². The monoisotopic (exact) mass is 365 g/mol. The molecule has 0 saturated carbocycles. The molecule has 26 heavy (non-hydrogen) atoms. The van der Waals surface area contributed by atoms with Gasteiger partial charge < -0.3 is 9.88 Å². The summed E-state index contributed by atoms with van der Waals surface area (Å²) in [5, 5.41) is 3.22. The van der Waals surface area contributed by atoms with Gasteiger partial charge in [-0.1, -0.05) is 6.07 Å². The molecule has 0 saturated heterocycles. The molecular weight excluding hydrogens is 350 g/mol. The van der Waals surface area contributed by atoms with Gasteiger partial charge in [0.15, 0.2) is 0 Å². The largest absolute Gasteiger partial charge is 0.332 e. The number of nitrogens with zero attached hydrogens (tertiary/aromatic N) is 4. The minimum atomic E-state index is -0.472. The molecule has 3 heterocycles. The molecule has 0 atom stereocenters. The van der Waals surface area contributed by atoms with Crippen molar-refractivity contribution in [3.05, 3.63) is 58.0 Å². The fourth-order valence-corrected chi connectivity index (χ4v) is 3.41. The molecule has 0 bridgehead atoms. The summed E-state index contributed by atoms with van der Waals surface area (Å²) >= 11 is 1.08. The summed E-state index contributed by atoms with van der Waals surface area (Å²) in [4.78, 5) is 30.0. The number of fused-ring (bicyclic) bond motifs is 2. The van der Waals surface area contributed by atoms with Crippen LogP contribution in [-0.2, 0) is 6.54 Å². The number of carbonyl (C=O) groups excluding carboxylic acids is 1. The zero-order valence-electron chi connectivity index (χ0n) is 14.2. The predicted molar refractivity (Wildman–Crippen MR) is 102 cm³/mol. The lowest BCUT2D eigenvalue weighted by Crippen LogP contribution is -2.24. The predicted octanol–water partition coefficient (Wildman–Crippen LogP) is 2.98. The number of pyridine rings is 2. The molecular formula is C18H15N5O2S. The van der Waals surface area contributed by atoms with Crippen molar-refractivity contribution in [1.82, 2.24) is 18.3 Å². The molecule has 130 valence electrons. The summed E-state index contributed by atoms with van der Waals surface area (Å²) in [6.07, 6.45) is 1.56. The summed E-state index contributed by atoms with van der Waals surface area (Å²) in [6, 6.07) is 8.84. The molecule has 0 aliphatic heterocycles. The van der Waals surface area contributed by atoms with Gasteiger partial charge in [-0.25, -0.2) is 4.98 Å². The van der Waals surface area contributed by atoms with Gasteiger partial charge >= 0.3 is 0 Å². The SMILES string of the molecule is CCn1cc(C(=O)Nc2cccc3nsnc23)c(=O)c2ccc(C)nc21. The first kappa shape index (κ1) is 16.3. The Kier molecular flexibility index (Phi) is 3.96. The number of carbonyl (C=O) groups is 1. The van der Waals surface area contributed by atoms with Crippen LogP contribution in [0.3, 0.4) is 0 Å². The zero-order chi connectivity index (χ0) is 18.3. The molecule has 7 nitrogen and oxygen atoms in total. The Morgan fingerprint density at radius 2 is 2.08 bits per heavy atom. The van der Waals surface area contributed by atoms with Crippen LogP contribution in [0.15, 0.2) is 41.3 Å². The van der Waals surface area contributed by atoms with Crippen molar-refractivity contribution in [3.8, 4) is 0 Å². The molecule has 4 rings (SSSR count). The highest BCUT2D eigenvalue weighted by atomic mass is 32.1. The normalized spacial score (nSPS) is 11.2. The standard InChI is InChI=1S/C18H15N5O2S/c1-3-23-9-12(16(24)11-8-7-10(2)19-17(11)23)18(25)20-13-5-4-6-14-15(13)22-26-21-14/h4-9H,3H2,1-2H3,(H,20,25). The summed E-state index contributed by atoms with van der Waals surface area (Å²) in [6.45, 7) is 4.41. The van der Waals surface area contributed by atoms with E-state index in [9.17, 15) is 9.59 Å². The second kappa shape index (κ2) is 6.30. The number of rotatable bonds is 3. The minimum absolute atomic E-state index is 0.0743. The van der Waals surface area contributed by atoms with E-state index in [-0.39, 0.29) is 11.0 Å². The molecule has 0 spiro atoms. The van der Waals surface area contributed by atoms with Crippen molar-refractivity contribution >= 4 is 45.4 Å². The molecule has 0 fully saturated rings. The van der Waals surface area contributed by atoms with Gasteiger partial charge in [0.05, 0.1) is 22.8 Å². The smallest absolute Gasteiger partial charge is 0.261 e. The first-order valence-corrected chi connectivity index (χ1v) is 8.85. The van der Waals surface area contributed by atoms with Crippen LogP contribution >= 0.6 is 11.7 Å². The van der Waals surface area contributed by atoms with Crippen molar-refractivity contribution in [3.63, 3.8) is 0 Å². The molecule has 8 heteroatoms. The Hall–Kier alpha value is -3.13. The summed E-state index contributed by atoms with van der Waals surface area (Å²) in [5.74, 6) is -0.472. The highest BCUT2D eigenvalue weighted by Gasteiger charge is 2.17. The number of hydrogen-bond donors (Lipinski definition) is 1. The first-order valence-electron chi connectivity index (χ1n) is 8.12. The number of aryl methyl sites for hydroxylation is 2. The lowest BCUT2D eigenvalue weighted by atomic mass is 10.1. The fourth-order valence-electron chi connectivity index (χ4n) is 2.86. The molecule has 3 aromatic heterocycles. The molecule has 0 radical (unpaired) electrons. The third-order valence-corrected chi connectivity index (χ3v) is 4.72. The number of nitrogens with one attached hydrogen (secondary N) is 1. The summed E-state index contributed by atoms with van der Waals surface area (Å²) in [5.41, 5.74) is 2.99. The van der Waals surface area contributed by atoms with Crippen LogP contribution in [0.2, 0.25) is 0 Å². The number of amides is 1. The molecule has 1 amide bonds. The van der Waals surface area contributed by atoms with E-state index in [2.05, 4.69) is 19.0 Å². The minimum Gasteiger partial charge on any atom is -0.332 e. The third kappa shape index (κ3) is 2.64. The van der Waals surface area contributed by atoms with E-state index in [1.54, 1.807) is 30.5 Å². The van der Waals surface area contributed by atoms with Gasteiger partial charge in [-0.2, -0.15) is 8.75 Å². The topological polar surface area (TPSA) is 89.8 Å². The maximum atomic E-state index is 12.8. The molecule has 0 aliphatic rings. The van der Waals surface area contributed by atoms with Crippen LogP contribution in [0.1, 0.15) is 23.0 Å². The van der Waals surface area contributed by atoms with Crippen LogP contribution in [-0.4, -0.2) is 24.2 Å². The first-order chi connectivity index (χ1) is 12.6. The van der Waals surface area contributed by atoms with Gasteiger partial charge in [-0.05, 0) is 38.1 Å². The lowest BCUT2D eigenvalue weighted by Gasteiger charge is -2.11. The van der Waals surface area contributed by atoms with E-state index in [4.69, 9.17) is 0 Å². The van der Waals surface area contributed by atoms with E-state index in [0.717, 1.165) is 17.4 Å². The maximum absolute atomic E-state index is 12.8.